The predicted molar refractivity (Wildman–Crippen MR) is 123 cm³/mol. The zero-order valence-corrected chi connectivity index (χ0v) is 19.2. The van der Waals surface area contributed by atoms with E-state index >= 15 is 0 Å². The first kappa shape index (κ1) is 25.3. The van der Waals surface area contributed by atoms with Crippen LogP contribution in [0.3, 0.4) is 0 Å². The van der Waals surface area contributed by atoms with Crippen molar-refractivity contribution in [2.45, 2.75) is 109 Å². The van der Waals surface area contributed by atoms with Crippen molar-refractivity contribution in [2.75, 3.05) is 14.2 Å². The molecule has 0 aliphatic carbocycles. The summed E-state index contributed by atoms with van der Waals surface area (Å²) in [7, 11) is 3.27. The van der Waals surface area contributed by atoms with Gasteiger partial charge in [-0.25, -0.2) is 0 Å². The molecule has 1 aromatic rings. The first-order valence-corrected chi connectivity index (χ1v) is 11.9. The molecule has 29 heavy (non-hydrogen) atoms. The maximum atomic E-state index is 9.55. The van der Waals surface area contributed by atoms with E-state index in [1.807, 2.05) is 18.2 Å². The third-order valence-electron chi connectivity index (χ3n) is 5.81. The molecule has 0 fully saturated rings. The molecule has 1 rings (SSSR count). The van der Waals surface area contributed by atoms with Crippen LogP contribution in [0.15, 0.2) is 18.2 Å². The average molecular weight is 402 g/mol. The van der Waals surface area contributed by atoms with Crippen LogP contribution in [0.4, 0.5) is 0 Å². The Labute approximate surface area is 179 Å². The zero-order valence-electron chi connectivity index (χ0n) is 19.2. The SMILES string of the molecule is CCCCCCCCCCCCCCCCC(C#N)c1ccc(OC)c(OC)c1. The van der Waals surface area contributed by atoms with E-state index in [0.717, 1.165) is 18.4 Å². The number of benzene rings is 1. The molecule has 0 aliphatic heterocycles. The highest BCUT2D eigenvalue weighted by atomic mass is 16.5. The first-order valence-electron chi connectivity index (χ1n) is 11.9. The summed E-state index contributed by atoms with van der Waals surface area (Å²) in [6.45, 7) is 2.28. The lowest BCUT2D eigenvalue weighted by molar-refractivity contribution is 0.354. The molecule has 0 N–H and O–H groups in total. The van der Waals surface area contributed by atoms with Crippen LogP contribution in [0.1, 0.15) is 115 Å². The van der Waals surface area contributed by atoms with E-state index in [0.29, 0.717) is 11.5 Å². The van der Waals surface area contributed by atoms with Crippen molar-refractivity contribution < 1.29 is 9.47 Å². The highest BCUT2D eigenvalue weighted by molar-refractivity contribution is 5.44. The minimum atomic E-state index is -0.0628. The summed E-state index contributed by atoms with van der Waals surface area (Å²) in [4.78, 5) is 0. The van der Waals surface area contributed by atoms with Crippen molar-refractivity contribution in [1.82, 2.24) is 0 Å². The van der Waals surface area contributed by atoms with Gasteiger partial charge in [0.2, 0.25) is 0 Å². The second kappa shape index (κ2) is 17.2. The van der Waals surface area contributed by atoms with Crippen LogP contribution in [-0.4, -0.2) is 14.2 Å². The van der Waals surface area contributed by atoms with Crippen LogP contribution in [0.25, 0.3) is 0 Å². The fourth-order valence-corrected chi connectivity index (χ4v) is 3.92. The molecule has 1 atom stereocenters. The van der Waals surface area contributed by atoms with Crippen LogP contribution in [0.2, 0.25) is 0 Å². The van der Waals surface area contributed by atoms with Gasteiger partial charge >= 0.3 is 0 Å². The van der Waals surface area contributed by atoms with E-state index < -0.39 is 0 Å². The quantitative estimate of drug-likeness (QED) is 0.233. The highest BCUT2D eigenvalue weighted by Gasteiger charge is 2.13. The summed E-state index contributed by atoms with van der Waals surface area (Å²) >= 11 is 0. The van der Waals surface area contributed by atoms with Crippen LogP contribution in [0.5, 0.6) is 11.5 Å². The van der Waals surface area contributed by atoms with Gasteiger partial charge in [0.1, 0.15) is 0 Å². The number of nitrogens with zero attached hydrogens (tertiary/aromatic N) is 1. The molecule has 0 amide bonds. The third kappa shape index (κ3) is 11.2. The number of hydrogen-bond donors (Lipinski definition) is 0. The van der Waals surface area contributed by atoms with E-state index in [1.165, 1.54) is 83.5 Å². The van der Waals surface area contributed by atoms with Gasteiger partial charge in [-0.3, -0.25) is 0 Å². The summed E-state index contributed by atoms with van der Waals surface area (Å²) in [5, 5.41) is 9.55. The second-order valence-electron chi connectivity index (χ2n) is 8.18. The predicted octanol–water partition coefficient (Wildman–Crippen LogP) is 8.18. The van der Waals surface area contributed by atoms with Gasteiger partial charge < -0.3 is 9.47 Å². The molecule has 3 heteroatoms. The molecule has 0 saturated heterocycles. The molecule has 0 radical (unpaired) electrons. The fourth-order valence-electron chi connectivity index (χ4n) is 3.92. The average Bonchev–Trinajstić information content (AvgIpc) is 2.76. The topological polar surface area (TPSA) is 42.2 Å². The molecule has 1 unspecified atom stereocenters. The van der Waals surface area contributed by atoms with E-state index in [-0.39, 0.29) is 5.92 Å². The Kier molecular flexibility index (Phi) is 15.0. The van der Waals surface area contributed by atoms with Crippen LogP contribution in [0, 0.1) is 11.3 Å². The molecule has 3 nitrogen and oxygen atoms in total. The standard InChI is InChI=1S/C26H43NO2/c1-4-5-6-7-8-9-10-11-12-13-14-15-16-17-18-24(22-27)23-19-20-25(28-2)26(21-23)29-3/h19-21,24H,4-18H2,1-3H3. The fraction of sp³-hybridized carbons (Fsp3) is 0.731. The van der Waals surface area contributed by atoms with E-state index in [9.17, 15) is 5.26 Å². The highest BCUT2D eigenvalue weighted by Crippen LogP contribution is 2.32. The van der Waals surface area contributed by atoms with Crippen LogP contribution < -0.4 is 9.47 Å². The molecule has 164 valence electrons. The lowest BCUT2D eigenvalue weighted by atomic mass is 9.93. The Morgan fingerprint density at radius 3 is 1.66 bits per heavy atom. The number of nitriles is 1. The zero-order chi connectivity index (χ0) is 21.2. The van der Waals surface area contributed by atoms with E-state index in [1.54, 1.807) is 14.2 Å². The minimum Gasteiger partial charge on any atom is -0.493 e. The van der Waals surface area contributed by atoms with Gasteiger partial charge in [-0.1, -0.05) is 103 Å². The summed E-state index contributed by atoms with van der Waals surface area (Å²) in [6, 6.07) is 8.28. The van der Waals surface area contributed by atoms with Crippen molar-refractivity contribution in [3.05, 3.63) is 23.8 Å². The molecule has 0 aromatic heterocycles. The molecule has 0 saturated carbocycles. The Hall–Kier alpha value is -1.69. The minimum absolute atomic E-state index is 0.0628. The van der Waals surface area contributed by atoms with Gasteiger partial charge in [0.15, 0.2) is 11.5 Å². The maximum Gasteiger partial charge on any atom is 0.161 e. The largest absolute Gasteiger partial charge is 0.493 e. The van der Waals surface area contributed by atoms with Gasteiger partial charge in [0.25, 0.3) is 0 Å². The Morgan fingerprint density at radius 1 is 0.724 bits per heavy atom. The molecule has 0 bridgehead atoms. The summed E-state index contributed by atoms with van der Waals surface area (Å²) in [5.41, 5.74) is 1.03. The monoisotopic (exact) mass is 401 g/mol. The maximum absolute atomic E-state index is 9.55. The second-order valence-corrected chi connectivity index (χ2v) is 8.18. The van der Waals surface area contributed by atoms with E-state index in [4.69, 9.17) is 9.47 Å². The summed E-state index contributed by atoms with van der Waals surface area (Å²) < 4.78 is 10.6. The Bertz CT molecular complexity index is 564. The number of unbranched alkanes of at least 4 members (excludes halogenated alkanes) is 13. The van der Waals surface area contributed by atoms with Crippen LogP contribution in [-0.2, 0) is 0 Å². The van der Waals surface area contributed by atoms with Crippen molar-refractivity contribution in [3.63, 3.8) is 0 Å². The first-order chi connectivity index (χ1) is 14.3. The normalized spacial score (nSPS) is 11.8. The van der Waals surface area contributed by atoms with Gasteiger partial charge in [-0.05, 0) is 24.1 Å². The summed E-state index contributed by atoms with van der Waals surface area (Å²) in [5.74, 6) is 1.35. The number of methoxy groups -OCH3 is 2. The molecular weight excluding hydrogens is 358 g/mol. The Balaban J connectivity index is 2.07. The van der Waals surface area contributed by atoms with Gasteiger partial charge in [-0.15, -0.1) is 0 Å². The molecule has 0 spiro atoms. The van der Waals surface area contributed by atoms with E-state index in [2.05, 4.69) is 13.0 Å². The molecule has 0 aliphatic rings. The van der Waals surface area contributed by atoms with Gasteiger partial charge in [0, 0.05) is 0 Å². The van der Waals surface area contributed by atoms with Crippen molar-refractivity contribution in [2.24, 2.45) is 0 Å². The Morgan fingerprint density at radius 2 is 1.21 bits per heavy atom. The van der Waals surface area contributed by atoms with Crippen molar-refractivity contribution in [3.8, 4) is 17.6 Å². The number of hydrogen-bond acceptors (Lipinski definition) is 3. The molecule has 1 aromatic carbocycles. The molecular formula is C26H43NO2. The van der Waals surface area contributed by atoms with Crippen molar-refractivity contribution in [1.29, 1.82) is 5.26 Å². The smallest absolute Gasteiger partial charge is 0.161 e. The number of ether oxygens (including phenoxy) is 2. The van der Waals surface area contributed by atoms with Gasteiger partial charge in [0.05, 0.1) is 26.2 Å². The lowest BCUT2D eigenvalue weighted by Gasteiger charge is -2.13. The molecule has 0 heterocycles. The van der Waals surface area contributed by atoms with Gasteiger partial charge in [-0.2, -0.15) is 5.26 Å². The number of rotatable bonds is 18. The van der Waals surface area contributed by atoms with Crippen molar-refractivity contribution >= 4 is 0 Å². The van der Waals surface area contributed by atoms with Crippen LogP contribution >= 0.6 is 0 Å². The summed E-state index contributed by atoms with van der Waals surface area (Å²) in [6.07, 6.45) is 19.9. The third-order valence-corrected chi connectivity index (χ3v) is 5.81. The lowest BCUT2D eigenvalue weighted by Crippen LogP contribution is -1.98.